The van der Waals surface area contributed by atoms with Gasteiger partial charge in [-0.15, -0.1) is 0 Å². The summed E-state index contributed by atoms with van der Waals surface area (Å²) >= 11 is 5.67. The Morgan fingerprint density at radius 3 is 2.70 bits per heavy atom. The van der Waals surface area contributed by atoms with Crippen LogP contribution in [-0.2, 0) is 4.79 Å². The van der Waals surface area contributed by atoms with Gasteiger partial charge < -0.3 is 10.2 Å². The number of amides is 1. The van der Waals surface area contributed by atoms with E-state index in [1.54, 1.807) is 4.90 Å². The molecule has 0 unspecified atom stereocenters. The van der Waals surface area contributed by atoms with E-state index < -0.39 is 4.92 Å². The van der Waals surface area contributed by atoms with Gasteiger partial charge in [-0.1, -0.05) is 11.6 Å². The molecule has 20 heavy (non-hydrogen) atoms. The minimum Gasteiger partial charge on any atom is -0.364 e. The summed E-state index contributed by atoms with van der Waals surface area (Å²) in [5.74, 6) is 0.117. The fourth-order valence-electron chi connectivity index (χ4n) is 1.73. The van der Waals surface area contributed by atoms with E-state index in [-0.39, 0.29) is 35.4 Å². The van der Waals surface area contributed by atoms with Gasteiger partial charge in [-0.3, -0.25) is 14.9 Å². The molecule has 0 fully saturated rings. The van der Waals surface area contributed by atoms with Crippen LogP contribution in [0.4, 0.5) is 11.5 Å². The first-order valence-corrected chi connectivity index (χ1v) is 6.69. The maximum atomic E-state index is 11.8. The molecular weight excluding hydrogens is 284 g/mol. The number of nitrogens with one attached hydrogen (secondary N) is 1. The van der Waals surface area contributed by atoms with E-state index in [1.807, 2.05) is 13.8 Å². The number of anilines is 1. The molecule has 1 aromatic rings. The predicted octanol–water partition coefficient (Wildman–Crippen LogP) is 2.31. The number of hydrogen-bond acceptors (Lipinski definition) is 5. The Hall–Kier alpha value is -1.89. The Bertz CT molecular complexity index is 492. The number of aromatic nitrogens is 1. The summed E-state index contributed by atoms with van der Waals surface area (Å²) in [6.07, 6.45) is 1.58. The summed E-state index contributed by atoms with van der Waals surface area (Å²) in [5.41, 5.74) is -0.201. The van der Waals surface area contributed by atoms with Crippen LogP contribution < -0.4 is 5.32 Å². The van der Waals surface area contributed by atoms with E-state index in [0.717, 1.165) is 0 Å². The van der Waals surface area contributed by atoms with Crippen LogP contribution in [-0.4, -0.2) is 40.3 Å². The number of carbonyl (C=O) groups excluding carboxylic acids is 1. The van der Waals surface area contributed by atoms with Crippen molar-refractivity contribution in [2.75, 3.05) is 25.0 Å². The Morgan fingerprint density at radius 2 is 2.15 bits per heavy atom. The maximum Gasteiger partial charge on any atom is 0.312 e. The van der Waals surface area contributed by atoms with Crippen LogP contribution in [0.1, 0.15) is 20.3 Å². The molecule has 0 radical (unpaired) electrons. The van der Waals surface area contributed by atoms with Crippen LogP contribution in [0.15, 0.2) is 12.3 Å². The Kier molecular flexibility index (Phi) is 6.17. The lowest BCUT2D eigenvalue weighted by molar-refractivity contribution is -0.384. The molecule has 1 N–H and O–H groups in total. The monoisotopic (exact) mass is 300 g/mol. The van der Waals surface area contributed by atoms with Crippen LogP contribution in [0.2, 0.25) is 5.02 Å². The molecule has 0 saturated heterocycles. The Morgan fingerprint density at radius 1 is 1.50 bits per heavy atom. The molecule has 0 aliphatic rings. The lowest BCUT2D eigenvalue weighted by atomic mass is 10.3. The highest BCUT2D eigenvalue weighted by Gasteiger charge is 2.16. The number of nitro groups is 1. The minimum atomic E-state index is -0.562. The molecule has 1 rings (SSSR count). The molecule has 8 heteroatoms. The third kappa shape index (κ3) is 4.34. The van der Waals surface area contributed by atoms with E-state index in [2.05, 4.69) is 10.3 Å². The number of nitrogens with zero attached hydrogens (tertiary/aromatic N) is 3. The average molecular weight is 301 g/mol. The number of carbonyl (C=O) groups is 1. The Balaban J connectivity index is 2.62. The lowest BCUT2D eigenvalue weighted by Crippen LogP contribution is -2.31. The molecule has 0 aliphatic carbocycles. The van der Waals surface area contributed by atoms with Crippen molar-refractivity contribution in [3.8, 4) is 0 Å². The summed E-state index contributed by atoms with van der Waals surface area (Å²) in [7, 11) is 0. The van der Waals surface area contributed by atoms with Crippen LogP contribution in [0.25, 0.3) is 0 Å². The van der Waals surface area contributed by atoms with E-state index in [9.17, 15) is 14.9 Å². The van der Waals surface area contributed by atoms with E-state index in [0.29, 0.717) is 13.1 Å². The van der Waals surface area contributed by atoms with Crippen molar-refractivity contribution in [1.82, 2.24) is 9.88 Å². The molecule has 110 valence electrons. The maximum absolute atomic E-state index is 11.8. The van der Waals surface area contributed by atoms with Crippen LogP contribution in [0.3, 0.4) is 0 Å². The lowest BCUT2D eigenvalue weighted by Gasteiger charge is -2.18. The third-order valence-electron chi connectivity index (χ3n) is 2.78. The van der Waals surface area contributed by atoms with Gasteiger partial charge in [0.05, 0.1) is 9.95 Å². The SMILES string of the molecule is CCN(CC)C(=O)CCNc1ncc(Cl)cc1[N+](=O)[O-]. The smallest absolute Gasteiger partial charge is 0.312 e. The number of pyridine rings is 1. The molecule has 0 bridgehead atoms. The van der Waals surface area contributed by atoms with E-state index in [1.165, 1.54) is 12.3 Å². The molecule has 7 nitrogen and oxygen atoms in total. The van der Waals surface area contributed by atoms with Crippen molar-refractivity contribution < 1.29 is 9.72 Å². The Labute approximate surface area is 122 Å². The van der Waals surface area contributed by atoms with Crippen LogP contribution in [0, 0.1) is 10.1 Å². The van der Waals surface area contributed by atoms with Crippen molar-refractivity contribution in [3.63, 3.8) is 0 Å². The summed E-state index contributed by atoms with van der Waals surface area (Å²) in [6.45, 7) is 5.38. The van der Waals surface area contributed by atoms with Crippen LogP contribution in [0.5, 0.6) is 0 Å². The summed E-state index contributed by atoms with van der Waals surface area (Å²) in [5, 5.41) is 13.9. The largest absolute Gasteiger partial charge is 0.364 e. The van der Waals surface area contributed by atoms with E-state index in [4.69, 9.17) is 11.6 Å². The normalized spacial score (nSPS) is 10.2. The van der Waals surface area contributed by atoms with E-state index >= 15 is 0 Å². The standard InChI is InChI=1S/C12H17ClN4O3/c1-3-16(4-2)11(18)5-6-14-12-10(17(19)20)7-9(13)8-15-12/h7-8H,3-6H2,1-2H3,(H,14,15). The molecule has 0 aromatic carbocycles. The number of halogens is 1. The zero-order valence-corrected chi connectivity index (χ0v) is 12.2. The fraction of sp³-hybridized carbons (Fsp3) is 0.500. The second-order valence-electron chi connectivity index (χ2n) is 4.02. The third-order valence-corrected chi connectivity index (χ3v) is 2.99. The second kappa shape index (κ2) is 7.64. The first-order chi connectivity index (χ1) is 9.49. The summed E-state index contributed by atoms with van der Waals surface area (Å²) in [4.78, 5) is 27.7. The molecule has 0 spiro atoms. The molecule has 1 amide bonds. The molecule has 0 aliphatic heterocycles. The first-order valence-electron chi connectivity index (χ1n) is 6.31. The highest BCUT2D eigenvalue weighted by Crippen LogP contribution is 2.24. The van der Waals surface area contributed by atoms with Gasteiger partial charge >= 0.3 is 5.69 Å². The van der Waals surface area contributed by atoms with Crippen molar-refractivity contribution in [3.05, 3.63) is 27.4 Å². The van der Waals surface area contributed by atoms with Crippen molar-refractivity contribution in [2.45, 2.75) is 20.3 Å². The minimum absolute atomic E-state index is 0.000818. The average Bonchev–Trinajstić information content (AvgIpc) is 2.41. The van der Waals surface area contributed by atoms with Gasteiger partial charge in [0.1, 0.15) is 0 Å². The van der Waals surface area contributed by atoms with Crippen molar-refractivity contribution in [2.24, 2.45) is 0 Å². The van der Waals surface area contributed by atoms with Gasteiger partial charge in [0.15, 0.2) is 0 Å². The van der Waals surface area contributed by atoms with Crippen LogP contribution >= 0.6 is 11.6 Å². The van der Waals surface area contributed by atoms with Gasteiger partial charge in [-0.05, 0) is 13.8 Å². The quantitative estimate of drug-likeness (QED) is 0.616. The topological polar surface area (TPSA) is 88.4 Å². The fourth-order valence-corrected chi connectivity index (χ4v) is 1.88. The first kappa shape index (κ1) is 16.2. The number of rotatable bonds is 7. The predicted molar refractivity (Wildman–Crippen MR) is 76.9 cm³/mol. The van der Waals surface area contributed by atoms with Gasteiger partial charge in [0, 0.05) is 38.3 Å². The van der Waals surface area contributed by atoms with Gasteiger partial charge in [-0.25, -0.2) is 4.98 Å². The highest BCUT2D eigenvalue weighted by molar-refractivity contribution is 6.30. The zero-order valence-electron chi connectivity index (χ0n) is 11.4. The van der Waals surface area contributed by atoms with Gasteiger partial charge in [0.25, 0.3) is 0 Å². The molecular formula is C12H17ClN4O3. The second-order valence-corrected chi connectivity index (χ2v) is 4.46. The highest BCUT2D eigenvalue weighted by atomic mass is 35.5. The van der Waals surface area contributed by atoms with Gasteiger partial charge in [0.2, 0.25) is 11.7 Å². The zero-order chi connectivity index (χ0) is 15.1. The van der Waals surface area contributed by atoms with Gasteiger partial charge in [-0.2, -0.15) is 0 Å². The van der Waals surface area contributed by atoms with Crippen molar-refractivity contribution in [1.29, 1.82) is 0 Å². The summed E-state index contributed by atoms with van der Waals surface area (Å²) < 4.78 is 0. The molecule has 0 saturated carbocycles. The summed E-state index contributed by atoms with van der Waals surface area (Å²) in [6, 6.07) is 1.23. The molecule has 1 aromatic heterocycles. The molecule has 1 heterocycles. The van der Waals surface area contributed by atoms with Crippen molar-refractivity contribution >= 4 is 29.0 Å². The number of hydrogen-bond donors (Lipinski definition) is 1. The molecule has 0 atom stereocenters.